The van der Waals surface area contributed by atoms with Crippen LogP contribution in [-0.4, -0.2) is 27.9 Å². The van der Waals surface area contributed by atoms with Crippen LogP contribution in [0.5, 0.6) is 0 Å². The monoisotopic (exact) mass is 296 g/mol. The Balaban J connectivity index is 2.90. The molecule has 21 heavy (non-hydrogen) atoms. The summed E-state index contributed by atoms with van der Waals surface area (Å²) in [5.74, 6) is -2.73. The molecule has 0 aliphatic heterocycles. The van der Waals surface area contributed by atoms with Gasteiger partial charge in [0.1, 0.15) is 5.78 Å². The largest absolute Gasteiger partial charge is 0.478 e. The molecule has 1 aliphatic rings. The van der Waals surface area contributed by atoms with Crippen molar-refractivity contribution in [3.8, 4) is 0 Å². The first kappa shape index (κ1) is 17.4. The summed E-state index contributed by atoms with van der Waals surface area (Å²) in [6.45, 7) is 1.91. The Kier molecular flexibility index (Phi) is 7.12. The fraction of sp³-hybridized carbons (Fsp3) is 0.688. The van der Waals surface area contributed by atoms with E-state index in [1.54, 1.807) is 0 Å². The number of carbonyl (C=O) groups excluding carboxylic acids is 1. The lowest BCUT2D eigenvalue weighted by Gasteiger charge is -2.20. The predicted octanol–water partition coefficient (Wildman–Crippen LogP) is 3.18. The fourth-order valence-electron chi connectivity index (χ4n) is 2.79. The molecule has 0 aromatic heterocycles. The van der Waals surface area contributed by atoms with E-state index < -0.39 is 11.9 Å². The number of hydrogen-bond acceptors (Lipinski definition) is 3. The van der Waals surface area contributed by atoms with Crippen molar-refractivity contribution in [1.29, 1.82) is 0 Å². The minimum absolute atomic E-state index is 0.102. The van der Waals surface area contributed by atoms with E-state index >= 15 is 0 Å². The zero-order valence-electron chi connectivity index (χ0n) is 12.6. The normalized spacial score (nSPS) is 17.2. The van der Waals surface area contributed by atoms with E-state index in [1.807, 2.05) is 6.92 Å². The van der Waals surface area contributed by atoms with Crippen molar-refractivity contribution >= 4 is 17.7 Å². The molecule has 0 amide bonds. The molecule has 2 N–H and O–H groups in total. The van der Waals surface area contributed by atoms with Crippen molar-refractivity contribution in [3.63, 3.8) is 0 Å². The summed E-state index contributed by atoms with van der Waals surface area (Å²) < 4.78 is 0. The minimum atomic E-state index is -1.28. The molecule has 1 fully saturated rings. The van der Waals surface area contributed by atoms with E-state index in [2.05, 4.69) is 0 Å². The topological polar surface area (TPSA) is 91.7 Å². The van der Waals surface area contributed by atoms with Gasteiger partial charge in [-0.15, -0.1) is 0 Å². The van der Waals surface area contributed by atoms with Crippen LogP contribution in [0.4, 0.5) is 0 Å². The van der Waals surface area contributed by atoms with Gasteiger partial charge in [-0.3, -0.25) is 4.79 Å². The molecule has 1 rings (SSSR count). The second-order valence-corrected chi connectivity index (χ2v) is 5.65. The van der Waals surface area contributed by atoms with Crippen LogP contribution in [0.3, 0.4) is 0 Å². The maximum absolute atomic E-state index is 12.2. The molecule has 0 spiro atoms. The fourth-order valence-corrected chi connectivity index (χ4v) is 2.79. The number of hydrogen-bond donors (Lipinski definition) is 2. The molecule has 1 aliphatic carbocycles. The van der Waals surface area contributed by atoms with Crippen LogP contribution in [-0.2, 0) is 14.4 Å². The van der Waals surface area contributed by atoms with Crippen molar-refractivity contribution in [3.05, 3.63) is 11.1 Å². The lowest BCUT2D eigenvalue weighted by Crippen LogP contribution is -2.21. The Bertz CT molecular complexity index is 430. The van der Waals surface area contributed by atoms with Gasteiger partial charge in [-0.2, -0.15) is 0 Å². The number of carboxylic acid groups (broad SMARTS) is 2. The maximum atomic E-state index is 12.2. The summed E-state index contributed by atoms with van der Waals surface area (Å²) in [6, 6.07) is 0. The SMILES string of the molecule is CCCC/C(C(=O)O)=C(/CC(=O)C1CCCCC1)C(=O)O. The smallest absolute Gasteiger partial charge is 0.332 e. The Morgan fingerprint density at radius 2 is 1.52 bits per heavy atom. The van der Waals surface area contributed by atoms with Crippen molar-refractivity contribution < 1.29 is 24.6 Å². The molecule has 0 bridgehead atoms. The van der Waals surface area contributed by atoms with Crippen molar-refractivity contribution in [2.75, 3.05) is 0 Å². The molecule has 0 aromatic carbocycles. The zero-order valence-corrected chi connectivity index (χ0v) is 12.6. The minimum Gasteiger partial charge on any atom is -0.478 e. The summed E-state index contributed by atoms with van der Waals surface area (Å²) in [5, 5.41) is 18.5. The molecule has 118 valence electrons. The average Bonchev–Trinajstić information content (AvgIpc) is 2.46. The van der Waals surface area contributed by atoms with E-state index in [0.717, 1.165) is 38.5 Å². The lowest BCUT2D eigenvalue weighted by atomic mass is 9.83. The van der Waals surface area contributed by atoms with Crippen molar-refractivity contribution in [2.24, 2.45) is 5.92 Å². The number of ketones is 1. The first-order valence-electron chi connectivity index (χ1n) is 7.68. The summed E-state index contributed by atoms with van der Waals surface area (Å²) in [5.41, 5.74) is -0.347. The maximum Gasteiger partial charge on any atom is 0.332 e. The Morgan fingerprint density at radius 1 is 0.952 bits per heavy atom. The number of aliphatic carboxylic acids is 2. The third-order valence-corrected chi connectivity index (χ3v) is 4.07. The molecular weight excluding hydrogens is 272 g/mol. The van der Waals surface area contributed by atoms with Crippen LogP contribution in [0.1, 0.15) is 64.7 Å². The number of rotatable bonds is 8. The molecule has 5 nitrogen and oxygen atoms in total. The molecular formula is C16H24O5. The Hall–Kier alpha value is -1.65. The van der Waals surface area contributed by atoms with Gasteiger partial charge in [0.25, 0.3) is 0 Å². The van der Waals surface area contributed by atoms with E-state index in [-0.39, 0.29) is 35.7 Å². The second kappa shape index (κ2) is 8.60. The highest BCUT2D eigenvalue weighted by Gasteiger charge is 2.27. The lowest BCUT2D eigenvalue weighted by molar-refractivity contribution is -0.136. The van der Waals surface area contributed by atoms with Gasteiger partial charge >= 0.3 is 11.9 Å². The Labute approximate surface area is 125 Å². The summed E-state index contributed by atoms with van der Waals surface area (Å²) in [6.07, 6.45) is 6.01. The zero-order chi connectivity index (χ0) is 15.8. The van der Waals surface area contributed by atoms with Gasteiger partial charge in [0.2, 0.25) is 0 Å². The molecule has 0 radical (unpaired) electrons. The van der Waals surface area contributed by atoms with E-state index in [0.29, 0.717) is 6.42 Å². The highest BCUT2D eigenvalue weighted by atomic mass is 16.4. The summed E-state index contributed by atoms with van der Waals surface area (Å²) >= 11 is 0. The average molecular weight is 296 g/mol. The van der Waals surface area contributed by atoms with Crippen molar-refractivity contribution in [1.82, 2.24) is 0 Å². The molecule has 0 atom stereocenters. The van der Waals surface area contributed by atoms with Crippen LogP contribution in [0.2, 0.25) is 0 Å². The van der Waals surface area contributed by atoms with Gasteiger partial charge in [0.05, 0.1) is 5.57 Å². The summed E-state index contributed by atoms with van der Waals surface area (Å²) in [4.78, 5) is 34.9. The van der Waals surface area contributed by atoms with Gasteiger partial charge in [-0.05, 0) is 25.7 Å². The first-order valence-corrected chi connectivity index (χ1v) is 7.68. The van der Waals surface area contributed by atoms with Gasteiger partial charge in [0, 0.05) is 17.9 Å². The van der Waals surface area contributed by atoms with E-state index in [1.165, 1.54) is 0 Å². The van der Waals surface area contributed by atoms with Gasteiger partial charge < -0.3 is 10.2 Å². The van der Waals surface area contributed by atoms with Crippen LogP contribution >= 0.6 is 0 Å². The number of unbranched alkanes of at least 4 members (excludes halogenated alkanes) is 1. The number of Topliss-reactive ketones (excluding diaryl/α,β-unsaturated/α-hetero) is 1. The molecule has 5 heteroatoms. The molecule has 0 heterocycles. The highest BCUT2D eigenvalue weighted by Crippen LogP contribution is 2.27. The number of carbonyl (C=O) groups is 3. The van der Waals surface area contributed by atoms with Crippen LogP contribution in [0, 0.1) is 5.92 Å². The quantitative estimate of drug-likeness (QED) is 0.671. The highest BCUT2D eigenvalue weighted by molar-refractivity contribution is 6.03. The van der Waals surface area contributed by atoms with Crippen LogP contribution in [0.15, 0.2) is 11.1 Å². The van der Waals surface area contributed by atoms with Crippen LogP contribution < -0.4 is 0 Å². The number of carboxylic acids is 2. The first-order chi connectivity index (χ1) is 9.97. The predicted molar refractivity (Wildman–Crippen MR) is 78.0 cm³/mol. The van der Waals surface area contributed by atoms with Gasteiger partial charge in [-0.25, -0.2) is 9.59 Å². The third-order valence-electron chi connectivity index (χ3n) is 4.07. The van der Waals surface area contributed by atoms with Crippen molar-refractivity contribution in [2.45, 2.75) is 64.7 Å². The molecule has 0 saturated heterocycles. The van der Waals surface area contributed by atoms with Gasteiger partial charge in [0.15, 0.2) is 0 Å². The second-order valence-electron chi connectivity index (χ2n) is 5.65. The van der Waals surface area contributed by atoms with E-state index in [9.17, 15) is 24.6 Å². The third kappa shape index (κ3) is 5.33. The van der Waals surface area contributed by atoms with Gasteiger partial charge in [-0.1, -0.05) is 32.6 Å². The molecule has 0 unspecified atom stereocenters. The van der Waals surface area contributed by atoms with E-state index in [4.69, 9.17) is 0 Å². The Morgan fingerprint density at radius 3 is 2.00 bits per heavy atom. The van der Waals surface area contributed by atoms with Crippen LogP contribution in [0.25, 0.3) is 0 Å². The molecule has 1 saturated carbocycles. The standard InChI is InChI=1S/C16H24O5/c1-2-3-9-12(15(18)19)13(16(20)21)10-14(17)11-7-5-4-6-8-11/h11H,2-10H2,1H3,(H,18,19)(H,20,21)/b13-12+. The summed E-state index contributed by atoms with van der Waals surface area (Å²) in [7, 11) is 0. The molecule has 0 aromatic rings.